The van der Waals surface area contributed by atoms with Gasteiger partial charge in [-0.15, -0.1) is 0 Å². The zero-order valence-electron chi connectivity index (χ0n) is 43.7. The van der Waals surface area contributed by atoms with Crippen LogP contribution >= 0.6 is 6.19 Å². The quantitative estimate of drug-likeness (QED) is 0.0378. The van der Waals surface area contributed by atoms with Crippen LogP contribution in [0, 0.1) is 13.8 Å². The summed E-state index contributed by atoms with van der Waals surface area (Å²) in [6, 6.07) is 54.2. The van der Waals surface area contributed by atoms with Gasteiger partial charge in [0.25, 0.3) is 0 Å². The molecule has 10 rings (SSSR count). The number of aryl methyl sites for hydroxylation is 2. The molecule has 0 bridgehead atoms. The number of methoxy groups -OCH3 is 2. The maximum atomic E-state index is 13.5. The van der Waals surface area contributed by atoms with Gasteiger partial charge in [-0.3, -0.25) is 0 Å². The van der Waals surface area contributed by atoms with E-state index < -0.39 is 76.8 Å². The summed E-state index contributed by atoms with van der Waals surface area (Å²) in [4.78, 5) is 69.4. The molecule has 2 saturated heterocycles. The zero-order valence-corrected chi connectivity index (χ0v) is 46.3. The van der Waals surface area contributed by atoms with Gasteiger partial charge in [0.15, 0.2) is 0 Å². The Morgan fingerprint density at radius 3 is 1.33 bits per heavy atom. The van der Waals surface area contributed by atoms with Crippen LogP contribution < -0.4 is 32.0 Å². The van der Waals surface area contributed by atoms with Crippen LogP contribution in [-0.4, -0.2) is 90.9 Å². The molecule has 2 aromatic heterocycles. The van der Waals surface area contributed by atoms with Crippen molar-refractivity contribution in [3.8, 4) is 11.5 Å². The third kappa shape index (κ3) is 11.5. The van der Waals surface area contributed by atoms with Crippen LogP contribution in [0.25, 0.3) is 0 Å². The van der Waals surface area contributed by atoms with Crippen molar-refractivity contribution in [3.05, 3.63) is 268 Å². The number of hydrogen-bond acceptors (Lipinski definition) is 13. The van der Waals surface area contributed by atoms with Gasteiger partial charge >= 0.3 is 451 Å². The van der Waals surface area contributed by atoms with Crippen molar-refractivity contribution < 1.29 is 42.4 Å². The molecule has 0 saturated carbocycles. The first-order valence-corrected chi connectivity index (χ1v) is 29.4. The van der Waals surface area contributed by atoms with Crippen molar-refractivity contribution >= 4 is 21.3 Å². The topological polar surface area (TPSA) is 204 Å². The SMILES string of the molecule is COc1ccc(C(OC[C@H]2O[C@@H](n3cc(C)c(=O)[nH]c3=O)C[C@@H]2O[P@@](O)(=[Se])OC[C@H]2O[C@@H](n3cc(C)c(=O)[nH]c3=O)C[C@@H]2OC(c2ccccc2)(c2ccccc2)c2ccc(OC)cc2)(c2ccccc2)c2ccccc2)cc1. The number of hydrogen-bond donors (Lipinski definition) is 3. The van der Waals surface area contributed by atoms with Gasteiger partial charge in [-0.2, -0.15) is 0 Å². The summed E-state index contributed by atoms with van der Waals surface area (Å²) in [5, 5.41) is 0. The molecule has 7 atom stereocenters. The molecular weight excluding hydrogens is 1090 g/mol. The van der Waals surface area contributed by atoms with Gasteiger partial charge in [0.05, 0.1) is 14.2 Å². The molecule has 17 nitrogen and oxygen atoms in total. The van der Waals surface area contributed by atoms with Crippen LogP contribution in [-0.2, 0) is 39.2 Å². The molecule has 19 heteroatoms. The molecule has 0 aliphatic carbocycles. The fourth-order valence-electron chi connectivity index (χ4n) is 10.5. The van der Waals surface area contributed by atoms with Crippen molar-refractivity contribution in [2.45, 2.75) is 74.8 Å². The van der Waals surface area contributed by atoms with Gasteiger partial charge in [0.1, 0.15) is 0 Å². The van der Waals surface area contributed by atoms with E-state index in [1.54, 1.807) is 28.1 Å². The first-order valence-electron chi connectivity index (χ1n) is 25.6. The van der Waals surface area contributed by atoms with Crippen molar-refractivity contribution in [3.63, 3.8) is 0 Å². The van der Waals surface area contributed by atoms with Crippen molar-refractivity contribution in [1.29, 1.82) is 0 Å². The van der Waals surface area contributed by atoms with E-state index >= 15 is 0 Å². The second-order valence-corrected chi connectivity index (χ2v) is 23.7. The molecule has 6 aromatic carbocycles. The number of ether oxygens (including phenoxy) is 6. The molecule has 4 heterocycles. The third-order valence-corrected chi connectivity index (χ3v) is 16.7. The minimum atomic E-state index is -4.04. The minimum absolute atomic E-state index is 0.0136. The molecule has 2 fully saturated rings. The van der Waals surface area contributed by atoms with Crippen LogP contribution in [0.4, 0.5) is 0 Å². The van der Waals surface area contributed by atoms with Gasteiger partial charge < -0.3 is 0 Å². The molecule has 0 amide bonds. The van der Waals surface area contributed by atoms with Gasteiger partial charge in [-0.1, -0.05) is 0 Å². The van der Waals surface area contributed by atoms with E-state index in [9.17, 15) is 24.1 Å². The molecule has 0 unspecified atom stereocenters. The Kier molecular flexibility index (Phi) is 16.6. The van der Waals surface area contributed by atoms with E-state index in [1.165, 1.54) is 21.5 Å². The molecule has 408 valence electrons. The summed E-state index contributed by atoms with van der Waals surface area (Å²) in [7, 11) is 3.20. The number of benzene rings is 6. The summed E-state index contributed by atoms with van der Waals surface area (Å²) in [6.07, 6.45) is -6.77. The van der Waals surface area contributed by atoms with Gasteiger partial charge in [-0.05, 0) is 0 Å². The molecule has 2 aliphatic heterocycles. The molecule has 2 aliphatic rings. The standard InChI is InChI=1S/C60H59N4O13PSe/c1-39-35-63(57(67)61-55(39)65)53-33-49(76-60(43-21-13-7-14-22-43,44-23-15-8-16-24-44)46-27-31-48(71-4)32-28-46)52(75-53)38-73-78(69,79)77-50-34-54(64-36-40(2)56(66)62-58(64)68)74-51(50)37-72-59(41-17-9-5-10-18-41,42-19-11-6-12-20-42)45-25-29-47(70-3)30-26-45/h5-32,35-36,49-54H,33-34,37-38H2,1-4H3,(H,69,79)(H,61,65,67)(H,62,66,68)/t49-,50-,51+,52+,53+,54+,78-/m0/s1. The van der Waals surface area contributed by atoms with Crippen LogP contribution in [0.1, 0.15) is 69.8 Å². The molecule has 3 N–H and O–H groups in total. The van der Waals surface area contributed by atoms with Crippen LogP contribution in [0.2, 0.25) is 0 Å². The predicted molar refractivity (Wildman–Crippen MR) is 297 cm³/mol. The van der Waals surface area contributed by atoms with E-state index in [-0.39, 0.29) is 31.6 Å². The van der Waals surface area contributed by atoms with Crippen LogP contribution in [0.3, 0.4) is 0 Å². The fourth-order valence-corrected chi connectivity index (χ4v) is 12.5. The van der Waals surface area contributed by atoms with Gasteiger partial charge in [0.2, 0.25) is 0 Å². The maximum absolute atomic E-state index is 13.5. The molecular formula is C60H59N4O13PSe. The molecule has 0 spiro atoms. The van der Waals surface area contributed by atoms with E-state index in [0.717, 1.165) is 33.4 Å². The summed E-state index contributed by atoms with van der Waals surface area (Å²) in [5.41, 5.74) is 0.362. The second kappa shape index (κ2) is 23.7. The molecule has 8 aromatic rings. The van der Waals surface area contributed by atoms with Crippen molar-refractivity contribution in [2.24, 2.45) is 0 Å². The fraction of sp³-hybridized carbons (Fsp3) is 0.267. The number of rotatable bonds is 20. The van der Waals surface area contributed by atoms with E-state index in [2.05, 4.69) is 25.1 Å². The zero-order chi connectivity index (χ0) is 55.3. The first-order chi connectivity index (χ1) is 38.2. The van der Waals surface area contributed by atoms with Crippen molar-refractivity contribution in [2.75, 3.05) is 27.4 Å². The Morgan fingerprint density at radius 2 is 0.911 bits per heavy atom. The number of nitrogens with one attached hydrogen (secondary N) is 2. The average molecular weight is 1150 g/mol. The Labute approximate surface area is 462 Å². The second-order valence-electron chi connectivity index (χ2n) is 19.3. The Balaban J connectivity index is 1.00. The van der Waals surface area contributed by atoms with Crippen molar-refractivity contribution in [1.82, 2.24) is 19.1 Å². The van der Waals surface area contributed by atoms with Crippen LogP contribution in [0.5, 0.6) is 11.5 Å². The first kappa shape index (κ1) is 55.3. The number of H-pyrrole nitrogens is 2. The molecule has 79 heavy (non-hydrogen) atoms. The average Bonchev–Trinajstić information content (AvgIpc) is 4.19. The summed E-state index contributed by atoms with van der Waals surface area (Å²) in [5.74, 6) is 1.29. The van der Waals surface area contributed by atoms with Crippen LogP contribution in [0.15, 0.2) is 201 Å². The van der Waals surface area contributed by atoms with Gasteiger partial charge in [-0.25, -0.2) is 0 Å². The van der Waals surface area contributed by atoms with E-state index in [4.69, 9.17) is 37.5 Å². The third-order valence-electron chi connectivity index (χ3n) is 14.5. The summed E-state index contributed by atoms with van der Waals surface area (Å²) < 4.78 is 55.0. The monoisotopic (exact) mass is 1150 g/mol. The number of nitrogens with zero attached hydrogens (tertiary/aromatic N) is 2. The molecule has 0 radical (unpaired) electrons. The predicted octanol–water partition coefficient (Wildman–Crippen LogP) is 7.92. The van der Waals surface area contributed by atoms with E-state index in [0.29, 0.717) is 17.1 Å². The Morgan fingerprint density at radius 1 is 0.544 bits per heavy atom. The Bertz CT molecular complexity index is 3580. The Hall–Kier alpha value is -7.05. The number of aromatic nitrogens is 4. The summed E-state index contributed by atoms with van der Waals surface area (Å²) in [6.45, 7) is 2.72. The van der Waals surface area contributed by atoms with E-state index in [1.807, 2.05) is 170 Å². The number of aromatic amines is 2. The normalized spacial score (nSPS) is 20.2. The summed E-state index contributed by atoms with van der Waals surface area (Å²) >= 11 is 2.78. The van der Waals surface area contributed by atoms with Gasteiger partial charge in [0, 0.05) is 0 Å².